The fourth-order valence-corrected chi connectivity index (χ4v) is 3.39. The summed E-state index contributed by atoms with van der Waals surface area (Å²) in [6.45, 7) is 1.98. The van der Waals surface area contributed by atoms with Crippen molar-refractivity contribution >= 4 is 11.8 Å². The molecule has 2 saturated heterocycles. The number of amides is 2. The van der Waals surface area contributed by atoms with E-state index in [-0.39, 0.29) is 30.5 Å². The molecule has 0 spiro atoms. The summed E-state index contributed by atoms with van der Waals surface area (Å²) in [5.74, 6) is -2.11. The molecular formula is C16H18FNO3. The van der Waals surface area contributed by atoms with Crippen LogP contribution in [0.3, 0.4) is 0 Å². The fraction of sp³-hybridized carbons (Fsp3) is 0.500. The molecule has 2 aliphatic rings. The second kappa shape index (κ2) is 5.56. The molecule has 4 unspecified atom stereocenters. The van der Waals surface area contributed by atoms with Crippen molar-refractivity contribution in [1.82, 2.24) is 5.32 Å². The number of hydrogen-bond donors (Lipinski definition) is 1. The van der Waals surface area contributed by atoms with Gasteiger partial charge in [0.25, 0.3) is 0 Å². The lowest BCUT2D eigenvalue weighted by Gasteiger charge is -2.34. The first kappa shape index (κ1) is 14.2. The molecule has 4 nitrogen and oxygen atoms in total. The van der Waals surface area contributed by atoms with Crippen LogP contribution in [-0.2, 0) is 14.3 Å². The van der Waals surface area contributed by atoms with Gasteiger partial charge in [0.1, 0.15) is 5.82 Å². The molecule has 1 aromatic carbocycles. The number of rotatable bonds is 2. The number of nitrogens with one attached hydrogen (secondary N) is 1. The molecule has 0 aromatic heterocycles. The van der Waals surface area contributed by atoms with Crippen LogP contribution in [0.4, 0.5) is 4.39 Å². The molecule has 1 aromatic rings. The van der Waals surface area contributed by atoms with E-state index in [0.717, 1.165) is 12.8 Å². The van der Waals surface area contributed by atoms with Crippen LogP contribution < -0.4 is 5.32 Å². The van der Waals surface area contributed by atoms with Gasteiger partial charge in [-0.05, 0) is 25.8 Å². The van der Waals surface area contributed by atoms with Gasteiger partial charge < -0.3 is 4.74 Å². The van der Waals surface area contributed by atoms with Crippen LogP contribution in [0.1, 0.15) is 37.7 Å². The zero-order valence-electron chi connectivity index (χ0n) is 11.8. The average Bonchev–Trinajstić information content (AvgIpc) is 2.86. The van der Waals surface area contributed by atoms with E-state index in [1.54, 1.807) is 18.2 Å². The van der Waals surface area contributed by atoms with Crippen LogP contribution in [0.25, 0.3) is 0 Å². The smallest absolute Gasteiger partial charge is 0.234 e. The van der Waals surface area contributed by atoms with Gasteiger partial charge in [-0.2, -0.15) is 0 Å². The highest BCUT2D eigenvalue weighted by molar-refractivity contribution is 6.01. The molecule has 1 N–H and O–H groups in total. The van der Waals surface area contributed by atoms with Crippen LogP contribution in [0.2, 0.25) is 0 Å². The van der Waals surface area contributed by atoms with Gasteiger partial charge in [-0.25, -0.2) is 4.39 Å². The Hall–Kier alpha value is -1.75. The van der Waals surface area contributed by atoms with Crippen LogP contribution >= 0.6 is 0 Å². The molecule has 2 fully saturated rings. The van der Waals surface area contributed by atoms with Gasteiger partial charge >= 0.3 is 0 Å². The SMILES string of the molecule is CC1CCC(C2CC(=O)NC(=O)C2c2ccccc2F)O1. The summed E-state index contributed by atoms with van der Waals surface area (Å²) in [7, 11) is 0. The monoisotopic (exact) mass is 291 g/mol. The Morgan fingerprint density at radius 3 is 2.67 bits per heavy atom. The second-order valence-electron chi connectivity index (χ2n) is 5.84. The highest BCUT2D eigenvalue weighted by Gasteiger charge is 2.44. The molecule has 2 heterocycles. The zero-order chi connectivity index (χ0) is 15.0. The molecule has 3 rings (SSSR count). The number of piperidine rings is 1. The number of benzene rings is 1. The highest BCUT2D eigenvalue weighted by Crippen LogP contribution is 2.39. The number of imide groups is 1. The van der Waals surface area contributed by atoms with Crippen molar-refractivity contribution in [3.63, 3.8) is 0 Å². The van der Waals surface area contributed by atoms with Crippen molar-refractivity contribution in [1.29, 1.82) is 0 Å². The fourth-order valence-electron chi connectivity index (χ4n) is 3.39. The summed E-state index contributed by atoms with van der Waals surface area (Å²) in [4.78, 5) is 24.0. The van der Waals surface area contributed by atoms with Gasteiger partial charge in [0, 0.05) is 17.9 Å². The third-order valence-corrected chi connectivity index (χ3v) is 4.38. The lowest BCUT2D eigenvalue weighted by molar-refractivity contribution is -0.139. The third-order valence-electron chi connectivity index (χ3n) is 4.38. The predicted octanol–water partition coefficient (Wildman–Crippen LogP) is 2.14. The highest BCUT2D eigenvalue weighted by atomic mass is 19.1. The summed E-state index contributed by atoms with van der Waals surface area (Å²) in [5.41, 5.74) is 0.343. The van der Waals surface area contributed by atoms with Crippen LogP contribution in [0.15, 0.2) is 24.3 Å². The Balaban J connectivity index is 1.95. The first-order valence-electron chi connectivity index (χ1n) is 7.30. The van der Waals surface area contributed by atoms with Gasteiger partial charge in [-0.1, -0.05) is 18.2 Å². The number of halogens is 1. The first-order valence-corrected chi connectivity index (χ1v) is 7.30. The molecule has 2 aliphatic heterocycles. The largest absolute Gasteiger partial charge is 0.375 e. The van der Waals surface area contributed by atoms with Crippen LogP contribution in [0.5, 0.6) is 0 Å². The summed E-state index contributed by atoms with van der Waals surface area (Å²) in [6.07, 6.45) is 1.86. The number of carbonyl (C=O) groups is 2. The second-order valence-corrected chi connectivity index (χ2v) is 5.84. The standard InChI is InChI=1S/C16H18FNO3/c1-9-6-7-13(21-9)11-8-14(19)18-16(20)15(11)10-4-2-3-5-12(10)17/h2-5,9,11,13,15H,6-8H2,1H3,(H,18,19,20). The number of carbonyl (C=O) groups excluding carboxylic acids is 2. The van der Waals surface area contributed by atoms with Crippen molar-refractivity contribution in [3.05, 3.63) is 35.6 Å². The van der Waals surface area contributed by atoms with Gasteiger partial charge in [0.05, 0.1) is 18.1 Å². The molecule has 112 valence electrons. The van der Waals surface area contributed by atoms with E-state index < -0.39 is 17.6 Å². The van der Waals surface area contributed by atoms with Gasteiger partial charge in [0.2, 0.25) is 11.8 Å². The average molecular weight is 291 g/mol. The molecule has 5 heteroatoms. The van der Waals surface area contributed by atoms with E-state index >= 15 is 0 Å². The van der Waals surface area contributed by atoms with E-state index in [2.05, 4.69) is 5.32 Å². The van der Waals surface area contributed by atoms with Crippen molar-refractivity contribution in [3.8, 4) is 0 Å². The third kappa shape index (κ3) is 2.70. The van der Waals surface area contributed by atoms with Crippen molar-refractivity contribution in [2.24, 2.45) is 5.92 Å². The van der Waals surface area contributed by atoms with Crippen LogP contribution in [-0.4, -0.2) is 24.0 Å². The Morgan fingerprint density at radius 2 is 2.00 bits per heavy atom. The normalized spacial score (nSPS) is 33.0. The maximum absolute atomic E-state index is 14.1. The number of ether oxygens (including phenoxy) is 1. The molecule has 21 heavy (non-hydrogen) atoms. The van der Waals surface area contributed by atoms with E-state index in [9.17, 15) is 14.0 Å². The Morgan fingerprint density at radius 1 is 1.24 bits per heavy atom. The Kier molecular flexibility index (Phi) is 3.76. The molecule has 0 bridgehead atoms. The molecule has 0 aliphatic carbocycles. The minimum absolute atomic E-state index is 0.122. The lowest BCUT2D eigenvalue weighted by atomic mass is 9.76. The van der Waals surface area contributed by atoms with Crippen LogP contribution in [0, 0.1) is 11.7 Å². The lowest BCUT2D eigenvalue weighted by Crippen LogP contribution is -2.48. The van der Waals surface area contributed by atoms with Gasteiger partial charge in [0.15, 0.2) is 0 Å². The minimum Gasteiger partial charge on any atom is -0.375 e. The van der Waals surface area contributed by atoms with Crippen molar-refractivity contribution < 1.29 is 18.7 Å². The molecule has 0 radical (unpaired) electrons. The quantitative estimate of drug-likeness (QED) is 0.849. The van der Waals surface area contributed by atoms with Crippen molar-refractivity contribution in [2.75, 3.05) is 0 Å². The molecule has 2 amide bonds. The molecular weight excluding hydrogens is 273 g/mol. The Bertz CT molecular complexity index is 574. The summed E-state index contributed by atoms with van der Waals surface area (Å²) in [6, 6.07) is 6.25. The summed E-state index contributed by atoms with van der Waals surface area (Å²) in [5, 5.41) is 2.32. The maximum Gasteiger partial charge on any atom is 0.234 e. The van der Waals surface area contributed by atoms with E-state index in [4.69, 9.17) is 4.74 Å². The molecule has 4 atom stereocenters. The maximum atomic E-state index is 14.1. The van der Waals surface area contributed by atoms with Gasteiger partial charge in [-0.15, -0.1) is 0 Å². The zero-order valence-corrected chi connectivity index (χ0v) is 11.8. The van der Waals surface area contributed by atoms with E-state index in [1.165, 1.54) is 6.07 Å². The van der Waals surface area contributed by atoms with Gasteiger partial charge in [-0.3, -0.25) is 14.9 Å². The van der Waals surface area contributed by atoms with E-state index in [1.807, 2.05) is 6.92 Å². The summed E-state index contributed by atoms with van der Waals surface area (Å²) >= 11 is 0. The predicted molar refractivity (Wildman–Crippen MR) is 74.0 cm³/mol. The summed E-state index contributed by atoms with van der Waals surface area (Å²) < 4.78 is 19.9. The van der Waals surface area contributed by atoms with E-state index in [0.29, 0.717) is 5.56 Å². The minimum atomic E-state index is -0.667. The van der Waals surface area contributed by atoms with Crippen molar-refractivity contribution in [2.45, 2.75) is 44.3 Å². The topological polar surface area (TPSA) is 55.4 Å². The molecule has 0 saturated carbocycles. The first-order chi connectivity index (χ1) is 10.1. The number of hydrogen-bond acceptors (Lipinski definition) is 3. The Labute approximate surface area is 122 Å².